The topological polar surface area (TPSA) is 35.5 Å². The van der Waals surface area contributed by atoms with E-state index >= 15 is 0 Å². The molecular formula is C8H16N2O. The predicted octanol–water partition coefficient (Wildman–Crippen LogP) is -0.585. The lowest BCUT2D eigenvalue weighted by atomic mass is 10.2. The Morgan fingerprint density at radius 1 is 1.45 bits per heavy atom. The second-order valence-electron chi connectivity index (χ2n) is 3.51. The number of nitrogens with one attached hydrogen (secondary N) is 1. The van der Waals surface area contributed by atoms with Gasteiger partial charge >= 0.3 is 0 Å². The zero-order valence-electron chi connectivity index (χ0n) is 6.79. The molecule has 3 heteroatoms. The summed E-state index contributed by atoms with van der Waals surface area (Å²) in [6, 6.07) is 1.17. The highest BCUT2D eigenvalue weighted by molar-refractivity contribution is 4.91. The van der Waals surface area contributed by atoms with Gasteiger partial charge in [0.15, 0.2) is 0 Å². The Balaban J connectivity index is 1.98. The van der Waals surface area contributed by atoms with Crippen molar-refractivity contribution in [3.63, 3.8) is 0 Å². The van der Waals surface area contributed by atoms with Crippen molar-refractivity contribution in [1.82, 2.24) is 10.2 Å². The van der Waals surface area contributed by atoms with Crippen LogP contribution in [0.2, 0.25) is 0 Å². The molecular weight excluding hydrogens is 140 g/mol. The van der Waals surface area contributed by atoms with E-state index in [0.29, 0.717) is 18.7 Å². The van der Waals surface area contributed by atoms with Gasteiger partial charge in [-0.05, 0) is 12.8 Å². The van der Waals surface area contributed by atoms with Crippen LogP contribution in [0.3, 0.4) is 0 Å². The zero-order chi connectivity index (χ0) is 7.68. The summed E-state index contributed by atoms with van der Waals surface area (Å²) < 4.78 is 0. The van der Waals surface area contributed by atoms with E-state index in [0.717, 1.165) is 19.6 Å². The van der Waals surface area contributed by atoms with Crippen molar-refractivity contribution in [3.8, 4) is 0 Å². The molecule has 0 aliphatic carbocycles. The molecule has 2 atom stereocenters. The second-order valence-corrected chi connectivity index (χ2v) is 3.51. The first-order valence-electron chi connectivity index (χ1n) is 4.49. The Morgan fingerprint density at radius 3 is 3.18 bits per heavy atom. The van der Waals surface area contributed by atoms with Crippen LogP contribution in [0.4, 0.5) is 0 Å². The molecule has 11 heavy (non-hydrogen) atoms. The fourth-order valence-corrected chi connectivity index (χ4v) is 2.27. The van der Waals surface area contributed by atoms with Crippen LogP contribution in [0.15, 0.2) is 0 Å². The van der Waals surface area contributed by atoms with E-state index in [1.165, 1.54) is 12.8 Å². The van der Waals surface area contributed by atoms with E-state index in [2.05, 4.69) is 10.2 Å². The minimum absolute atomic E-state index is 0.344. The number of piperazine rings is 1. The summed E-state index contributed by atoms with van der Waals surface area (Å²) in [5.41, 5.74) is 0. The molecule has 3 nitrogen and oxygen atoms in total. The summed E-state index contributed by atoms with van der Waals surface area (Å²) in [7, 11) is 0. The van der Waals surface area contributed by atoms with Crippen LogP contribution < -0.4 is 5.32 Å². The van der Waals surface area contributed by atoms with E-state index in [-0.39, 0.29) is 0 Å². The minimum Gasteiger partial charge on any atom is -0.395 e. The second kappa shape index (κ2) is 3.09. The lowest BCUT2D eigenvalue weighted by Gasteiger charge is -2.33. The number of aliphatic hydroxyl groups excluding tert-OH is 1. The molecule has 0 aromatic carbocycles. The number of hydrogen-bond acceptors (Lipinski definition) is 3. The van der Waals surface area contributed by atoms with Gasteiger partial charge in [0.25, 0.3) is 0 Å². The maximum absolute atomic E-state index is 9.04. The molecule has 2 rings (SSSR count). The Labute approximate surface area is 67.4 Å². The molecule has 0 radical (unpaired) electrons. The van der Waals surface area contributed by atoms with Crippen molar-refractivity contribution in [2.24, 2.45) is 0 Å². The Bertz CT molecular complexity index is 134. The molecule has 2 N–H and O–H groups in total. The minimum atomic E-state index is 0.344. The number of fused-ring (bicyclic) bond motifs is 1. The van der Waals surface area contributed by atoms with E-state index in [1.807, 2.05) is 0 Å². The van der Waals surface area contributed by atoms with Gasteiger partial charge in [-0.25, -0.2) is 0 Å². The van der Waals surface area contributed by atoms with Gasteiger partial charge in [-0.15, -0.1) is 0 Å². The van der Waals surface area contributed by atoms with E-state index in [9.17, 15) is 0 Å². The average molecular weight is 156 g/mol. The van der Waals surface area contributed by atoms with Gasteiger partial charge < -0.3 is 10.4 Å². The third-order valence-corrected chi connectivity index (χ3v) is 2.91. The van der Waals surface area contributed by atoms with Crippen molar-refractivity contribution < 1.29 is 5.11 Å². The first kappa shape index (κ1) is 7.53. The van der Waals surface area contributed by atoms with Gasteiger partial charge in [0.05, 0.1) is 6.61 Å². The highest BCUT2D eigenvalue weighted by Crippen LogP contribution is 2.24. The van der Waals surface area contributed by atoms with E-state index < -0.39 is 0 Å². The molecule has 64 valence electrons. The molecule has 0 aromatic heterocycles. The average Bonchev–Trinajstić information content (AvgIpc) is 2.47. The Morgan fingerprint density at radius 2 is 2.36 bits per heavy atom. The number of aliphatic hydroxyl groups is 1. The van der Waals surface area contributed by atoms with Gasteiger partial charge in [-0.2, -0.15) is 0 Å². The molecule has 0 bridgehead atoms. The van der Waals surface area contributed by atoms with Gasteiger partial charge in [-0.3, -0.25) is 4.90 Å². The molecule has 2 aliphatic heterocycles. The van der Waals surface area contributed by atoms with Crippen LogP contribution >= 0.6 is 0 Å². The number of nitrogens with zero attached hydrogens (tertiary/aromatic N) is 1. The van der Waals surface area contributed by atoms with Crippen LogP contribution in [0.25, 0.3) is 0 Å². The Kier molecular flexibility index (Phi) is 2.11. The lowest BCUT2D eigenvalue weighted by molar-refractivity contribution is 0.112. The summed E-state index contributed by atoms with van der Waals surface area (Å²) in [6.07, 6.45) is 2.45. The fraction of sp³-hybridized carbons (Fsp3) is 1.00. The van der Waals surface area contributed by atoms with Gasteiger partial charge in [0, 0.05) is 31.7 Å². The maximum atomic E-state index is 9.04. The third-order valence-electron chi connectivity index (χ3n) is 2.91. The number of hydrogen-bond donors (Lipinski definition) is 2. The first-order chi connectivity index (χ1) is 5.42. The SMILES string of the molecule is OC[C@@H]1CC[C@H]2CNCCN12. The van der Waals surface area contributed by atoms with Crippen LogP contribution in [-0.4, -0.2) is 48.3 Å². The molecule has 2 aliphatic rings. The number of rotatable bonds is 1. The monoisotopic (exact) mass is 156 g/mol. The zero-order valence-corrected chi connectivity index (χ0v) is 6.79. The summed E-state index contributed by atoms with van der Waals surface area (Å²) in [6.45, 7) is 3.68. The van der Waals surface area contributed by atoms with Crippen LogP contribution in [0.1, 0.15) is 12.8 Å². The quantitative estimate of drug-likeness (QED) is 0.533. The third kappa shape index (κ3) is 1.28. The summed E-state index contributed by atoms with van der Waals surface area (Å²) in [4.78, 5) is 2.45. The molecule has 2 fully saturated rings. The molecule has 0 saturated carbocycles. The predicted molar refractivity (Wildman–Crippen MR) is 43.5 cm³/mol. The van der Waals surface area contributed by atoms with Crippen LogP contribution in [-0.2, 0) is 0 Å². The van der Waals surface area contributed by atoms with Crippen molar-refractivity contribution in [3.05, 3.63) is 0 Å². The molecule has 0 unspecified atom stereocenters. The van der Waals surface area contributed by atoms with E-state index in [1.54, 1.807) is 0 Å². The highest BCUT2D eigenvalue weighted by Gasteiger charge is 2.33. The molecule has 0 amide bonds. The molecule has 0 aromatic rings. The summed E-state index contributed by atoms with van der Waals surface area (Å²) >= 11 is 0. The lowest BCUT2D eigenvalue weighted by Crippen LogP contribution is -2.51. The Hall–Kier alpha value is -0.120. The van der Waals surface area contributed by atoms with Gasteiger partial charge in [0.1, 0.15) is 0 Å². The van der Waals surface area contributed by atoms with Gasteiger partial charge in [0.2, 0.25) is 0 Å². The van der Waals surface area contributed by atoms with E-state index in [4.69, 9.17) is 5.11 Å². The summed E-state index contributed by atoms with van der Waals surface area (Å²) in [5.74, 6) is 0. The van der Waals surface area contributed by atoms with Crippen LogP contribution in [0, 0.1) is 0 Å². The normalized spacial score (nSPS) is 39.0. The molecule has 0 spiro atoms. The smallest absolute Gasteiger partial charge is 0.0587 e. The van der Waals surface area contributed by atoms with Crippen molar-refractivity contribution >= 4 is 0 Å². The first-order valence-corrected chi connectivity index (χ1v) is 4.49. The van der Waals surface area contributed by atoms with Crippen molar-refractivity contribution in [1.29, 1.82) is 0 Å². The molecule has 2 heterocycles. The van der Waals surface area contributed by atoms with Crippen molar-refractivity contribution in [2.45, 2.75) is 24.9 Å². The fourth-order valence-electron chi connectivity index (χ4n) is 2.27. The molecule has 2 saturated heterocycles. The van der Waals surface area contributed by atoms with Gasteiger partial charge in [-0.1, -0.05) is 0 Å². The maximum Gasteiger partial charge on any atom is 0.0587 e. The largest absolute Gasteiger partial charge is 0.395 e. The van der Waals surface area contributed by atoms with Crippen LogP contribution in [0.5, 0.6) is 0 Å². The summed E-state index contributed by atoms with van der Waals surface area (Å²) in [5, 5.41) is 12.4. The highest BCUT2D eigenvalue weighted by atomic mass is 16.3. The standard InChI is InChI=1S/C8H16N2O/c11-6-8-2-1-7-5-9-3-4-10(7)8/h7-9,11H,1-6H2/t7-,8-/m0/s1. The van der Waals surface area contributed by atoms with Crippen molar-refractivity contribution in [2.75, 3.05) is 26.2 Å².